The molecule has 1 rings (SSSR count). The van der Waals surface area contributed by atoms with Gasteiger partial charge in [0.1, 0.15) is 0 Å². The van der Waals surface area contributed by atoms with Crippen molar-refractivity contribution in [2.75, 3.05) is 18.5 Å². The largest absolute Gasteiger partial charge is 0.368 e. The molecule has 2 nitrogen and oxygen atoms in total. The average molecular weight is 255 g/mol. The second kappa shape index (κ2) is 6.87. The molecular weight excluding hydrogens is 232 g/mol. The van der Waals surface area contributed by atoms with Crippen molar-refractivity contribution in [3.8, 4) is 0 Å². The van der Waals surface area contributed by atoms with E-state index in [0.717, 1.165) is 24.5 Å². The molecule has 1 atom stereocenters. The molecule has 0 aromatic heterocycles. The van der Waals surface area contributed by atoms with Crippen LogP contribution in [0.5, 0.6) is 0 Å². The lowest BCUT2D eigenvalue weighted by atomic mass is 10.1. The molecule has 96 valence electrons. The molecule has 0 aliphatic rings. The molecule has 0 radical (unpaired) electrons. The Hall–Kier alpha value is -0.730. The van der Waals surface area contributed by atoms with Gasteiger partial charge in [0.15, 0.2) is 0 Å². The molecule has 0 aliphatic carbocycles. The van der Waals surface area contributed by atoms with Gasteiger partial charge in [0, 0.05) is 19.1 Å². The van der Waals surface area contributed by atoms with Gasteiger partial charge in [-0.25, -0.2) is 0 Å². The van der Waals surface area contributed by atoms with E-state index in [4.69, 9.17) is 11.6 Å². The molecule has 0 amide bonds. The smallest absolute Gasteiger partial charge is 0.0643 e. The molecule has 1 unspecified atom stereocenters. The highest BCUT2D eigenvalue weighted by molar-refractivity contribution is 6.33. The van der Waals surface area contributed by atoms with Crippen molar-refractivity contribution in [3.63, 3.8) is 0 Å². The molecule has 0 saturated heterocycles. The van der Waals surface area contributed by atoms with Crippen LogP contribution < -0.4 is 10.2 Å². The van der Waals surface area contributed by atoms with Crippen molar-refractivity contribution in [1.82, 2.24) is 5.32 Å². The fourth-order valence-corrected chi connectivity index (χ4v) is 2.43. The Bertz CT molecular complexity index is 352. The Morgan fingerprint density at radius 1 is 1.35 bits per heavy atom. The third-order valence-electron chi connectivity index (χ3n) is 3.19. The Morgan fingerprint density at radius 2 is 2.06 bits per heavy atom. The van der Waals surface area contributed by atoms with E-state index in [-0.39, 0.29) is 0 Å². The van der Waals surface area contributed by atoms with Crippen molar-refractivity contribution in [2.45, 2.75) is 39.8 Å². The maximum atomic E-state index is 6.37. The molecule has 0 aliphatic heterocycles. The zero-order chi connectivity index (χ0) is 12.8. The number of nitrogens with zero attached hydrogens (tertiary/aromatic N) is 1. The number of rotatable bonds is 6. The molecule has 3 heteroatoms. The summed E-state index contributed by atoms with van der Waals surface area (Å²) in [6.45, 7) is 8.47. The first kappa shape index (κ1) is 14.3. The molecule has 0 heterocycles. The van der Waals surface area contributed by atoms with Crippen molar-refractivity contribution in [3.05, 3.63) is 28.8 Å². The van der Waals surface area contributed by atoms with Gasteiger partial charge >= 0.3 is 0 Å². The maximum absolute atomic E-state index is 6.37. The zero-order valence-corrected chi connectivity index (χ0v) is 12.0. The highest BCUT2D eigenvalue weighted by Crippen LogP contribution is 2.31. The van der Waals surface area contributed by atoms with Crippen molar-refractivity contribution >= 4 is 17.3 Å². The van der Waals surface area contributed by atoms with E-state index in [1.165, 1.54) is 11.3 Å². The monoisotopic (exact) mass is 254 g/mol. The third kappa shape index (κ3) is 3.36. The SMILES string of the molecule is CCC(C)N(CC)c1c(Cl)cccc1CNC. The van der Waals surface area contributed by atoms with Gasteiger partial charge in [-0.1, -0.05) is 30.7 Å². The highest BCUT2D eigenvalue weighted by Gasteiger charge is 2.17. The van der Waals surface area contributed by atoms with Crippen LogP contribution in [0, 0.1) is 0 Å². The number of nitrogens with one attached hydrogen (secondary N) is 1. The molecule has 1 aromatic rings. The van der Waals surface area contributed by atoms with Gasteiger partial charge < -0.3 is 10.2 Å². The average Bonchev–Trinajstić information content (AvgIpc) is 2.33. The van der Waals surface area contributed by atoms with Crippen LogP contribution in [-0.2, 0) is 6.54 Å². The summed E-state index contributed by atoms with van der Waals surface area (Å²) in [5.41, 5.74) is 2.45. The van der Waals surface area contributed by atoms with Crippen molar-refractivity contribution in [1.29, 1.82) is 0 Å². The normalized spacial score (nSPS) is 12.5. The quantitative estimate of drug-likeness (QED) is 0.833. The number of para-hydroxylation sites is 1. The van der Waals surface area contributed by atoms with Crippen LogP contribution in [0.3, 0.4) is 0 Å². The van der Waals surface area contributed by atoms with E-state index >= 15 is 0 Å². The molecule has 1 aromatic carbocycles. The summed E-state index contributed by atoms with van der Waals surface area (Å²) in [5.74, 6) is 0. The summed E-state index contributed by atoms with van der Waals surface area (Å²) in [6, 6.07) is 6.64. The molecule has 0 fully saturated rings. The van der Waals surface area contributed by atoms with Gasteiger partial charge in [0.05, 0.1) is 10.7 Å². The Labute approximate surface area is 110 Å². The van der Waals surface area contributed by atoms with Crippen molar-refractivity contribution < 1.29 is 0 Å². The first-order valence-corrected chi connectivity index (χ1v) is 6.72. The van der Waals surface area contributed by atoms with Crippen LogP contribution >= 0.6 is 11.6 Å². The van der Waals surface area contributed by atoms with Crippen LogP contribution in [0.2, 0.25) is 5.02 Å². The van der Waals surface area contributed by atoms with Crippen LogP contribution in [0.1, 0.15) is 32.8 Å². The maximum Gasteiger partial charge on any atom is 0.0643 e. The number of anilines is 1. The number of hydrogen-bond acceptors (Lipinski definition) is 2. The summed E-state index contributed by atoms with van der Waals surface area (Å²) < 4.78 is 0. The van der Waals surface area contributed by atoms with Crippen LogP contribution in [-0.4, -0.2) is 19.6 Å². The molecule has 0 saturated carbocycles. The predicted molar refractivity (Wildman–Crippen MR) is 77.0 cm³/mol. The Kier molecular flexibility index (Phi) is 5.79. The lowest BCUT2D eigenvalue weighted by Crippen LogP contribution is -2.33. The van der Waals surface area contributed by atoms with Gasteiger partial charge in [0.25, 0.3) is 0 Å². The van der Waals surface area contributed by atoms with E-state index in [2.05, 4.69) is 37.1 Å². The summed E-state index contributed by atoms with van der Waals surface area (Å²) in [4.78, 5) is 2.38. The first-order valence-electron chi connectivity index (χ1n) is 6.34. The summed E-state index contributed by atoms with van der Waals surface area (Å²) in [6.07, 6.45) is 1.12. The number of halogens is 1. The van der Waals surface area contributed by atoms with Gasteiger partial charge in [-0.05, 0) is 38.9 Å². The van der Waals surface area contributed by atoms with E-state index in [1.54, 1.807) is 0 Å². The van der Waals surface area contributed by atoms with Gasteiger partial charge in [-0.2, -0.15) is 0 Å². The molecule has 0 spiro atoms. The molecule has 17 heavy (non-hydrogen) atoms. The second-order valence-electron chi connectivity index (χ2n) is 4.32. The molecular formula is C14H23ClN2. The molecule has 1 N–H and O–H groups in total. The summed E-state index contributed by atoms with van der Waals surface area (Å²) in [5, 5.41) is 4.05. The second-order valence-corrected chi connectivity index (χ2v) is 4.73. The Morgan fingerprint density at radius 3 is 2.59 bits per heavy atom. The lowest BCUT2D eigenvalue weighted by Gasteiger charge is -2.32. The standard InChI is InChI=1S/C14H23ClN2/c1-5-11(3)17(6-2)14-12(10-16-4)8-7-9-13(14)15/h7-9,11,16H,5-6,10H2,1-4H3. The van der Waals surface area contributed by atoms with Crippen LogP contribution in [0.4, 0.5) is 5.69 Å². The third-order valence-corrected chi connectivity index (χ3v) is 3.49. The number of benzene rings is 1. The fraction of sp³-hybridized carbons (Fsp3) is 0.571. The predicted octanol–water partition coefficient (Wildman–Crippen LogP) is 3.68. The Balaban J connectivity index is 3.15. The van der Waals surface area contributed by atoms with E-state index in [1.807, 2.05) is 19.2 Å². The van der Waals surface area contributed by atoms with E-state index in [0.29, 0.717) is 6.04 Å². The van der Waals surface area contributed by atoms with Gasteiger partial charge in [0.2, 0.25) is 0 Å². The van der Waals surface area contributed by atoms with Crippen LogP contribution in [0.15, 0.2) is 18.2 Å². The minimum absolute atomic E-state index is 0.510. The van der Waals surface area contributed by atoms with Crippen molar-refractivity contribution in [2.24, 2.45) is 0 Å². The van der Waals surface area contributed by atoms with Gasteiger partial charge in [-0.3, -0.25) is 0 Å². The topological polar surface area (TPSA) is 15.3 Å². The molecule has 0 bridgehead atoms. The lowest BCUT2D eigenvalue weighted by molar-refractivity contribution is 0.625. The minimum Gasteiger partial charge on any atom is -0.368 e. The summed E-state index contributed by atoms with van der Waals surface area (Å²) in [7, 11) is 1.96. The zero-order valence-electron chi connectivity index (χ0n) is 11.3. The number of hydrogen-bond donors (Lipinski definition) is 1. The van der Waals surface area contributed by atoms with E-state index < -0.39 is 0 Å². The van der Waals surface area contributed by atoms with Gasteiger partial charge in [-0.15, -0.1) is 0 Å². The minimum atomic E-state index is 0.510. The van der Waals surface area contributed by atoms with Crippen LogP contribution in [0.25, 0.3) is 0 Å². The first-order chi connectivity index (χ1) is 8.15. The fourth-order valence-electron chi connectivity index (χ4n) is 2.13. The highest BCUT2D eigenvalue weighted by atomic mass is 35.5. The summed E-state index contributed by atoms with van der Waals surface area (Å²) >= 11 is 6.37. The van der Waals surface area contributed by atoms with E-state index in [9.17, 15) is 0 Å².